The van der Waals surface area contributed by atoms with Crippen LogP contribution in [0.15, 0.2) is 17.0 Å². The van der Waals surface area contributed by atoms with E-state index in [9.17, 15) is 17.2 Å². The molecule has 1 unspecified atom stereocenters. The Kier molecular flexibility index (Phi) is 5.79. The zero-order valence-corrected chi connectivity index (χ0v) is 13.2. The van der Waals surface area contributed by atoms with E-state index in [0.717, 1.165) is 22.2 Å². The second-order valence-electron chi connectivity index (χ2n) is 4.47. The van der Waals surface area contributed by atoms with Crippen LogP contribution in [0.2, 0.25) is 0 Å². The van der Waals surface area contributed by atoms with Crippen molar-refractivity contribution in [2.24, 2.45) is 0 Å². The highest BCUT2D eigenvalue weighted by Crippen LogP contribution is 2.26. The third kappa shape index (κ3) is 3.62. The summed E-state index contributed by atoms with van der Waals surface area (Å²) in [7, 11) is -2.91. The average molecular weight is 324 g/mol. The molecule has 0 aliphatic rings. The molecule has 0 amide bonds. The zero-order chi connectivity index (χ0) is 15.5. The van der Waals surface area contributed by atoms with E-state index in [4.69, 9.17) is 5.73 Å². The van der Waals surface area contributed by atoms with Crippen LogP contribution in [0.25, 0.3) is 0 Å². The number of anilines is 1. The highest BCUT2D eigenvalue weighted by atomic mass is 32.2. The number of sulfonamides is 1. The second-order valence-corrected chi connectivity index (χ2v) is 7.39. The first-order valence-electron chi connectivity index (χ1n) is 5.93. The lowest BCUT2D eigenvalue weighted by molar-refractivity contribution is 0.376. The molecule has 4 nitrogen and oxygen atoms in total. The number of rotatable bonds is 6. The number of thioether (sulfide) groups is 1. The fourth-order valence-electron chi connectivity index (χ4n) is 1.68. The van der Waals surface area contributed by atoms with E-state index in [0.29, 0.717) is 6.42 Å². The molecule has 0 aliphatic carbocycles. The van der Waals surface area contributed by atoms with Gasteiger partial charge in [0.05, 0.1) is 0 Å². The maximum atomic E-state index is 13.8. The lowest BCUT2D eigenvalue weighted by Crippen LogP contribution is -2.36. The highest BCUT2D eigenvalue weighted by molar-refractivity contribution is 7.98. The Hall–Kier alpha value is -0.860. The van der Waals surface area contributed by atoms with Crippen LogP contribution in [-0.2, 0) is 10.0 Å². The van der Waals surface area contributed by atoms with E-state index in [1.54, 1.807) is 18.7 Å². The van der Waals surface area contributed by atoms with Crippen LogP contribution in [0.5, 0.6) is 0 Å². The van der Waals surface area contributed by atoms with E-state index >= 15 is 0 Å². The van der Waals surface area contributed by atoms with E-state index < -0.39 is 26.6 Å². The summed E-state index contributed by atoms with van der Waals surface area (Å²) in [6.07, 6.45) is 2.50. The first-order chi connectivity index (χ1) is 9.21. The Morgan fingerprint density at radius 1 is 1.35 bits per heavy atom. The minimum atomic E-state index is -4.23. The van der Waals surface area contributed by atoms with Gasteiger partial charge in [0.25, 0.3) is 0 Å². The summed E-state index contributed by atoms with van der Waals surface area (Å²) in [5.74, 6) is -1.59. The zero-order valence-electron chi connectivity index (χ0n) is 11.6. The predicted octanol–water partition coefficient (Wildman–Crippen LogP) is 2.31. The van der Waals surface area contributed by atoms with Crippen LogP contribution in [0.3, 0.4) is 0 Å². The third-order valence-corrected chi connectivity index (χ3v) is 5.69. The highest BCUT2D eigenvalue weighted by Gasteiger charge is 2.31. The van der Waals surface area contributed by atoms with E-state index in [2.05, 4.69) is 0 Å². The Morgan fingerprint density at radius 2 is 1.85 bits per heavy atom. The van der Waals surface area contributed by atoms with E-state index in [-0.39, 0.29) is 11.7 Å². The van der Waals surface area contributed by atoms with Crippen molar-refractivity contribution in [2.75, 3.05) is 24.8 Å². The average Bonchev–Trinajstić information content (AvgIpc) is 2.33. The lowest BCUT2D eigenvalue weighted by atomic mass is 10.3. The van der Waals surface area contributed by atoms with Crippen molar-refractivity contribution in [2.45, 2.75) is 24.3 Å². The van der Waals surface area contributed by atoms with Gasteiger partial charge in [0, 0.05) is 18.8 Å². The maximum Gasteiger partial charge on any atom is 0.248 e. The molecule has 0 fully saturated rings. The smallest absolute Gasteiger partial charge is 0.248 e. The van der Waals surface area contributed by atoms with Crippen LogP contribution in [0.4, 0.5) is 14.5 Å². The monoisotopic (exact) mass is 324 g/mol. The standard InChI is InChI=1S/C12H18F2N2O2S2/c1-8(4-5-19-3)16(2)20(17,18)12-10(13)6-9(15)7-11(12)14/h6-8H,4-5,15H2,1-3H3. The van der Waals surface area contributed by atoms with Crippen LogP contribution in [-0.4, -0.2) is 37.8 Å². The van der Waals surface area contributed by atoms with Crippen molar-refractivity contribution in [3.8, 4) is 0 Å². The van der Waals surface area contributed by atoms with Crippen molar-refractivity contribution in [1.82, 2.24) is 4.31 Å². The summed E-state index contributed by atoms with van der Waals surface area (Å²) in [6.45, 7) is 1.70. The van der Waals surface area contributed by atoms with Gasteiger partial charge in [-0.25, -0.2) is 17.2 Å². The largest absolute Gasteiger partial charge is 0.399 e. The molecule has 8 heteroatoms. The summed E-state index contributed by atoms with van der Waals surface area (Å²) >= 11 is 1.58. The Balaban J connectivity index is 3.17. The van der Waals surface area contributed by atoms with Gasteiger partial charge in [0.15, 0.2) is 4.90 Å². The van der Waals surface area contributed by atoms with Gasteiger partial charge in [-0.2, -0.15) is 16.1 Å². The maximum absolute atomic E-state index is 13.8. The van der Waals surface area contributed by atoms with Crippen molar-refractivity contribution >= 4 is 27.5 Å². The van der Waals surface area contributed by atoms with Gasteiger partial charge in [0.1, 0.15) is 11.6 Å². The molecule has 2 N–H and O–H groups in total. The van der Waals surface area contributed by atoms with Crippen LogP contribution in [0.1, 0.15) is 13.3 Å². The summed E-state index contributed by atoms with van der Waals surface area (Å²) in [4.78, 5) is -0.954. The van der Waals surface area contributed by atoms with Crippen molar-refractivity contribution < 1.29 is 17.2 Å². The van der Waals surface area contributed by atoms with Gasteiger partial charge in [-0.3, -0.25) is 0 Å². The number of nitrogens with two attached hydrogens (primary N) is 1. The summed E-state index contributed by atoms with van der Waals surface area (Å²) < 4.78 is 53.1. The van der Waals surface area contributed by atoms with Crippen molar-refractivity contribution in [3.63, 3.8) is 0 Å². The minimum Gasteiger partial charge on any atom is -0.399 e. The van der Waals surface area contributed by atoms with E-state index in [1.807, 2.05) is 6.26 Å². The molecule has 1 aromatic carbocycles. The third-order valence-electron chi connectivity index (χ3n) is 3.02. The molecule has 0 aliphatic heterocycles. The van der Waals surface area contributed by atoms with Gasteiger partial charge in [-0.15, -0.1) is 0 Å². The fraction of sp³-hybridized carbons (Fsp3) is 0.500. The number of hydrogen-bond acceptors (Lipinski definition) is 4. The number of nitrogen functional groups attached to an aromatic ring is 1. The van der Waals surface area contributed by atoms with Crippen LogP contribution in [0, 0.1) is 11.6 Å². The molecule has 1 atom stereocenters. The Labute approximate surface area is 122 Å². The molecule has 0 bridgehead atoms. The molecule has 1 rings (SSSR count). The lowest BCUT2D eigenvalue weighted by Gasteiger charge is -2.24. The first-order valence-corrected chi connectivity index (χ1v) is 8.76. The minimum absolute atomic E-state index is 0.156. The fourth-order valence-corrected chi connectivity index (χ4v) is 3.73. The molecular weight excluding hydrogens is 306 g/mol. The molecule has 0 saturated heterocycles. The summed E-state index contributed by atoms with van der Waals surface area (Å²) in [6, 6.07) is 1.25. The SMILES string of the molecule is CSCCC(C)N(C)S(=O)(=O)c1c(F)cc(N)cc1F. The van der Waals surface area contributed by atoms with Gasteiger partial charge in [-0.05, 0) is 37.5 Å². The normalized spacial score (nSPS) is 13.7. The molecule has 0 heterocycles. The molecule has 0 spiro atoms. The summed E-state index contributed by atoms with van der Waals surface area (Å²) in [5, 5.41) is 0. The van der Waals surface area contributed by atoms with Gasteiger partial charge in [-0.1, -0.05) is 0 Å². The quantitative estimate of drug-likeness (QED) is 0.816. The van der Waals surface area contributed by atoms with Crippen LogP contribution < -0.4 is 5.73 Å². The molecule has 1 aromatic rings. The molecule has 0 radical (unpaired) electrons. The number of benzene rings is 1. The topological polar surface area (TPSA) is 63.4 Å². The van der Waals surface area contributed by atoms with E-state index in [1.165, 1.54) is 7.05 Å². The number of nitrogens with zero attached hydrogens (tertiary/aromatic N) is 1. The predicted molar refractivity (Wildman–Crippen MR) is 78.2 cm³/mol. The first kappa shape index (κ1) is 17.2. The summed E-state index contributed by atoms with van der Waals surface area (Å²) in [5.41, 5.74) is 5.13. The molecule has 0 saturated carbocycles. The Morgan fingerprint density at radius 3 is 2.30 bits per heavy atom. The number of halogens is 2. The van der Waals surface area contributed by atoms with Gasteiger partial charge < -0.3 is 5.73 Å². The van der Waals surface area contributed by atoms with Gasteiger partial charge in [0.2, 0.25) is 10.0 Å². The Bertz CT molecular complexity index is 556. The van der Waals surface area contributed by atoms with Crippen molar-refractivity contribution in [1.29, 1.82) is 0 Å². The molecule has 20 heavy (non-hydrogen) atoms. The molecular formula is C12H18F2N2O2S2. The van der Waals surface area contributed by atoms with Gasteiger partial charge >= 0.3 is 0 Å². The van der Waals surface area contributed by atoms with Crippen molar-refractivity contribution in [3.05, 3.63) is 23.8 Å². The second kappa shape index (κ2) is 6.73. The number of hydrogen-bond donors (Lipinski definition) is 1. The van der Waals surface area contributed by atoms with Crippen LogP contribution >= 0.6 is 11.8 Å². The molecule has 0 aromatic heterocycles. The molecule has 114 valence electrons.